The molecule has 0 spiro atoms. The lowest BCUT2D eigenvalue weighted by Crippen LogP contribution is -2.34. The largest absolute Gasteiger partial charge is 0.497 e. The molecule has 0 radical (unpaired) electrons. The van der Waals surface area contributed by atoms with Crippen LogP contribution in [0.1, 0.15) is 56.5 Å². The van der Waals surface area contributed by atoms with Crippen LogP contribution in [0.2, 0.25) is 0 Å². The molecule has 1 N–H and O–H groups in total. The van der Waals surface area contributed by atoms with Crippen LogP contribution in [0.15, 0.2) is 84.9 Å². The standard InChI is InChI=1S/C31H37N3O3/c1-22(2)30-28(20-33(23(3)4)21-29(35)24-12-8-6-9-13-24)31(37-27-14-10-7-11-15-27)34(32-30)25-16-18-26(36-5)19-17-25/h6-19,22-23,29,35H,20-21H2,1-5H3. The van der Waals surface area contributed by atoms with E-state index < -0.39 is 6.10 Å². The first-order valence-corrected chi connectivity index (χ1v) is 12.8. The molecule has 0 aliphatic carbocycles. The van der Waals surface area contributed by atoms with E-state index in [-0.39, 0.29) is 12.0 Å². The fraction of sp³-hybridized carbons (Fsp3) is 0.323. The van der Waals surface area contributed by atoms with Gasteiger partial charge in [0.1, 0.15) is 11.5 Å². The molecule has 0 amide bonds. The summed E-state index contributed by atoms with van der Waals surface area (Å²) in [6.45, 7) is 9.69. The number of hydrogen-bond acceptors (Lipinski definition) is 5. The van der Waals surface area contributed by atoms with E-state index in [1.165, 1.54) is 0 Å². The van der Waals surface area contributed by atoms with E-state index in [0.29, 0.717) is 19.0 Å². The Labute approximate surface area is 220 Å². The van der Waals surface area contributed by atoms with Crippen molar-refractivity contribution in [2.75, 3.05) is 13.7 Å². The molecule has 0 aliphatic rings. The van der Waals surface area contributed by atoms with Crippen molar-refractivity contribution in [1.82, 2.24) is 14.7 Å². The van der Waals surface area contributed by atoms with E-state index >= 15 is 0 Å². The van der Waals surface area contributed by atoms with Gasteiger partial charge in [-0.3, -0.25) is 4.90 Å². The Kier molecular flexibility index (Phi) is 8.64. The third kappa shape index (κ3) is 6.40. The zero-order valence-electron chi connectivity index (χ0n) is 22.3. The molecule has 0 bridgehead atoms. The number of para-hydroxylation sites is 1. The number of benzene rings is 3. The molecule has 0 fully saturated rings. The number of aromatic nitrogens is 2. The topological polar surface area (TPSA) is 59.8 Å². The van der Waals surface area contributed by atoms with Crippen molar-refractivity contribution in [2.45, 2.75) is 52.3 Å². The van der Waals surface area contributed by atoms with E-state index in [2.05, 4.69) is 32.6 Å². The van der Waals surface area contributed by atoms with Crippen molar-refractivity contribution in [2.24, 2.45) is 0 Å². The highest BCUT2D eigenvalue weighted by atomic mass is 16.5. The predicted molar refractivity (Wildman–Crippen MR) is 148 cm³/mol. The van der Waals surface area contributed by atoms with E-state index in [1.807, 2.05) is 89.6 Å². The van der Waals surface area contributed by atoms with Gasteiger partial charge < -0.3 is 14.6 Å². The molecule has 0 saturated heterocycles. The number of methoxy groups -OCH3 is 1. The average molecular weight is 500 g/mol. The van der Waals surface area contributed by atoms with Crippen molar-refractivity contribution < 1.29 is 14.6 Å². The lowest BCUT2D eigenvalue weighted by atomic mass is 10.0. The van der Waals surface area contributed by atoms with Crippen LogP contribution in [0.3, 0.4) is 0 Å². The summed E-state index contributed by atoms with van der Waals surface area (Å²) >= 11 is 0. The van der Waals surface area contributed by atoms with Gasteiger partial charge in [-0.05, 0) is 61.7 Å². The Morgan fingerprint density at radius 3 is 2.03 bits per heavy atom. The highest BCUT2D eigenvalue weighted by Gasteiger charge is 2.27. The number of aliphatic hydroxyl groups is 1. The van der Waals surface area contributed by atoms with Crippen LogP contribution in [-0.4, -0.2) is 39.5 Å². The summed E-state index contributed by atoms with van der Waals surface area (Å²) in [6.07, 6.45) is -0.596. The second kappa shape index (κ2) is 12.1. The Hall–Kier alpha value is -3.61. The summed E-state index contributed by atoms with van der Waals surface area (Å²) in [5.74, 6) is 2.39. The molecule has 1 heterocycles. The Morgan fingerprint density at radius 2 is 1.46 bits per heavy atom. The van der Waals surface area contributed by atoms with Crippen LogP contribution < -0.4 is 9.47 Å². The molecule has 194 valence electrons. The fourth-order valence-corrected chi connectivity index (χ4v) is 4.33. The maximum atomic E-state index is 11.0. The van der Waals surface area contributed by atoms with Crippen LogP contribution >= 0.6 is 0 Å². The monoisotopic (exact) mass is 499 g/mol. The highest BCUT2D eigenvalue weighted by Crippen LogP contribution is 2.35. The molecule has 4 rings (SSSR count). The molecule has 6 nitrogen and oxygen atoms in total. The van der Waals surface area contributed by atoms with Crippen LogP contribution in [0.4, 0.5) is 0 Å². The van der Waals surface area contributed by atoms with Crippen molar-refractivity contribution >= 4 is 0 Å². The number of hydrogen-bond donors (Lipinski definition) is 1. The normalized spacial score (nSPS) is 12.4. The molecule has 0 saturated carbocycles. The van der Waals surface area contributed by atoms with Gasteiger partial charge in [0.2, 0.25) is 5.88 Å². The van der Waals surface area contributed by atoms with Crippen molar-refractivity contribution in [3.63, 3.8) is 0 Å². The third-order valence-electron chi connectivity index (χ3n) is 6.47. The maximum absolute atomic E-state index is 11.0. The van der Waals surface area contributed by atoms with Crippen molar-refractivity contribution in [3.05, 3.63) is 102 Å². The van der Waals surface area contributed by atoms with Crippen LogP contribution in [-0.2, 0) is 6.54 Å². The Balaban J connectivity index is 1.77. The third-order valence-corrected chi connectivity index (χ3v) is 6.47. The summed E-state index contributed by atoms with van der Waals surface area (Å²) in [5, 5.41) is 16.1. The van der Waals surface area contributed by atoms with Gasteiger partial charge in [0.05, 0.1) is 30.2 Å². The molecule has 1 unspecified atom stereocenters. The average Bonchev–Trinajstić information content (AvgIpc) is 3.27. The molecule has 4 aromatic rings. The van der Waals surface area contributed by atoms with Gasteiger partial charge in [0.25, 0.3) is 0 Å². The zero-order chi connectivity index (χ0) is 26.4. The fourth-order valence-electron chi connectivity index (χ4n) is 4.33. The number of rotatable bonds is 11. The van der Waals surface area contributed by atoms with Crippen LogP contribution in [0.5, 0.6) is 17.4 Å². The van der Waals surface area contributed by atoms with Gasteiger partial charge in [0, 0.05) is 19.1 Å². The molecule has 1 atom stereocenters. The summed E-state index contributed by atoms with van der Waals surface area (Å²) in [5.41, 5.74) is 3.79. The summed E-state index contributed by atoms with van der Waals surface area (Å²) in [6, 6.07) is 27.6. The molecule has 1 aromatic heterocycles. The van der Waals surface area contributed by atoms with Gasteiger partial charge in [-0.25, -0.2) is 4.68 Å². The van der Waals surface area contributed by atoms with E-state index in [9.17, 15) is 5.11 Å². The molecule has 3 aromatic carbocycles. The van der Waals surface area contributed by atoms with Gasteiger partial charge >= 0.3 is 0 Å². The second-order valence-corrected chi connectivity index (χ2v) is 9.80. The first-order valence-electron chi connectivity index (χ1n) is 12.8. The Bertz CT molecular complexity index is 1250. The highest BCUT2D eigenvalue weighted by molar-refractivity contribution is 5.46. The van der Waals surface area contributed by atoms with Crippen LogP contribution in [0, 0.1) is 0 Å². The Morgan fingerprint density at radius 1 is 0.838 bits per heavy atom. The minimum atomic E-state index is -0.596. The number of nitrogens with zero attached hydrogens (tertiary/aromatic N) is 3. The SMILES string of the molecule is COc1ccc(-n2nc(C(C)C)c(CN(CC(O)c3ccccc3)C(C)C)c2Oc2ccccc2)cc1. The minimum absolute atomic E-state index is 0.181. The smallest absolute Gasteiger partial charge is 0.227 e. The van der Waals surface area contributed by atoms with Gasteiger partial charge in [-0.15, -0.1) is 0 Å². The first-order chi connectivity index (χ1) is 17.9. The predicted octanol–water partition coefficient (Wildman–Crippen LogP) is 6.74. The number of aliphatic hydroxyl groups excluding tert-OH is 1. The van der Waals surface area contributed by atoms with Gasteiger partial charge in [-0.2, -0.15) is 5.10 Å². The van der Waals surface area contributed by atoms with Crippen molar-refractivity contribution in [3.8, 4) is 23.1 Å². The van der Waals surface area contributed by atoms with Gasteiger partial charge in [0.15, 0.2) is 0 Å². The van der Waals surface area contributed by atoms with E-state index in [1.54, 1.807) is 7.11 Å². The summed E-state index contributed by atoms with van der Waals surface area (Å²) in [4.78, 5) is 2.27. The lowest BCUT2D eigenvalue weighted by Gasteiger charge is -2.29. The quantitative estimate of drug-likeness (QED) is 0.248. The molecule has 6 heteroatoms. The molecule has 0 aliphatic heterocycles. The lowest BCUT2D eigenvalue weighted by molar-refractivity contribution is 0.0901. The second-order valence-electron chi connectivity index (χ2n) is 9.80. The minimum Gasteiger partial charge on any atom is -0.497 e. The van der Waals surface area contributed by atoms with Gasteiger partial charge in [-0.1, -0.05) is 62.4 Å². The number of ether oxygens (including phenoxy) is 2. The van der Waals surface area contributed by atoms with Crippen LogP contribution in [0.25, 0.3) is 5.69 Å². The van der Waals surface area contributed by atoms with E-state index in [0.717, 1.165) is 34.0 Å². The van der Waals surface area contributed by atoms with Crippen molar-refractivity contribution in [1.29, 1.82) is 0 Å². The zero-order valence-corrected chi connectivity index (χ0v) is 22.3. The summed E-state index contributed by atoms with van der Waals surface area (Å²) < 4.78 is 13.8. The maximum Gasteiger partial charge on any atom is 0.227 e. The summed E-state index contributed by atoms with van der Waals surface area (Å²) in [7, 11) is 1.66. The first kappa shape index (κ1) is 26.5. The van der Waals surface area contributed by atoms with E-state index in [4.69, 9.17) is 14.6 Å². The molecular formula is C31H37N3O3. The molecular weight excluding hydrogens is 462 g/mol. The molecule has 37 heavy (non-hydrogen) atoms.